The van der Waals surface area contributed by atoms with Crippen molar-refractivity contribution in [2.45, 2.75) is 19.4 Å². The van der Waals surface area contributed by atoms with Crippen molar-refractivity contribution in [2.24, 2.45) is 5.92 Å². The fourth-order valence-corrected chi connectivity index (χ4v) is 2.44. The minimum Gasteiger partial charge on any atom is -0.341 e. The fourth-order valence-electron chi connectivity index (χ4n) is 2.32. The molecule has 1 atom stereocenters. The lowest BCUT2D eigenvalue weighted by Gasteiger charge is -2.27. The van der Waals surface area contributed by atoms with Crippen LogP contribution < -0.4 is 5.32 Å². The summed E-state index contributed by atoms with van der Waals surface area (Å²) in [6, 6.07) is 7.64. The summed E-state index contributed by atoms with van der Waals surface area (Å²) in [5, 5.41) is 4.00. The first-order valence-corrected chi connectivity index (χ1v) is 6.75. The number of amides is 1. The number of carbonyl (C=O) groups is 1. The van der Waals surface area contributed by atoms with E-state index in [9.17, 15) is 4.79 Å². The zero-order chi connectivity index (χ0) is 13.0. The zero-order valence-corrected chi connectivity index (χ0v) is 11.4. The maximum absolute atomic E-state index is 12.2. The van der Waals surface area contributed by atoms with Crippen LogP contribution in [-0.2, 0) is 11.3 Å². The number of nitrogens with zero attached hydrogens (tertiary/aromatic N) is 1. The number of halogens is 1. The van der Waals surface area contributed by atoms with Gasteiger partial charge in [0.1, 0.15) is 0 Å². The van der Waals surface area contributed by atoms with Gasteiger partial charge in [-0.25, -0.2) is 0 Å². The first-order chi connectivity index (χ1) is 8.66. The minimum atomic E-state index is 0.135. The van der Waals surface area contributed by atoms with Crippen LogP contribution in [-0.4, -0.2) is 30.9 Å². The summed E-state index contributed by atoms with van der Waals surface area (Å²) in [6.45, 7) is 2.49. The number of nitrogens with one attached hydrogen (secondary N) is 1. The lowest BCUT2D eigenvalue weighted by molar-refractivity contribution is -0.135. The maximum Gasteiger partial charge on any atom is 0.227 e. The highest BCUT2D eigenvalue weighted by Gasteiger charge is 2.23. The predicted octanol–water partition coefficient (Wildman–Crippen LogP) is 2.30. The fraction of sp³-hybridized carbons (Fsp3) is 0.500. The second kappa shape index (κ2) is 6.21. The molecular formula is C14H19ClN2O. The van der Waals surface area contributed by atoms with Crippen LogP contribution in [0.1, 0.15) is 18.4 Å². The topological polar surface area (TPSA) is 32.3 Å². The second-order valence-electron chi connectivity index (χ2n) is 4.86. The summed E-state index contributed by atoms with van der Waals surface area (Å²) in [5.41, 5.74) is 1.11. The summed E-state index contributed by atoms with van der Waals surface area (Å²) < 4.78 is 0. The molecule has 3 nitrogen and oxygen atoms in total. The second-order valence-corrected chi connectivity index (χ2v) is 5.30. The standard InChI is InChI=1S/C14H19ClN2O/c1-17(10-11-4-6-13(15)7-5-11)14(18)12-3-2-8-16-9-12/h4-7,12,16H,2-3,8-10H2,1H3. The molecule has 1 saturated heterocycles. The van der Waals surface area contributed by atoms with Gasteiger partial charge in [0.25, 0.3) is 0 Å². The van der Waals surface area contributed by atoms with Crippen molar-refractivity contribution in [3.8, 4) is 0 Å². The molecule has 1 aromatic rings. The van der Waals surface area contributed by atoms with Gasteiger partial charge < -0.3 is 10.2 Å². The van der Waals surface area contributed by atoms with E-state index in [1.165, 1.54) is 0 Å². The van der Waals surface area contributed by atoms with Gasteiger partial charge in [-0.15, -0.1) is 0 Å². The molecule has 2 rings (SSSR count). The van der Waals surface area contributed by atoms with E-state index < -0.39 is 0 Å². The normalized spacial score (nSPS) is 19.6. The molecule has 0 saturated carbocycles. The molecule has 1 aromatic carbocycles. The lowest BCUT2D eigenvalue weighted by Crippen LogP contribution is -2.41. The Kier molecular flexibility index (Phi) is 4.61. The molecule has 0 bridgehead atoms. The van der Waals surface area contributed by atoms with Gasteiger partial charge in [0.2, 0.25) is 5.91 Å². The average Bonchev–Trinajstić information content (AvgIpc) is 2.41. The minimum absolute atomic E-state index is 0.135. The van der Waals surface area contributed by atoms with E-state index in [0.29, 0.717) is 6.54 Å². The molecule has 0 aromatic heterocycles. The third-order valence-corrected chi connectivity index (χ3v) is 3.61. The third-order valence-electron chi connectivity index (χ3n) is 3.36. The quantitative estimate of drug-likeness (QED) is 0.911. The molecule has 1 unspecified atom stereocenters. The van der Waals surface area contributed by atoms with Gasteiger partial charge in [-0.05, 0) is 37.1 Å². The van der Waals surface area contributed by atoms with E-state index in [1.807, 2.05) is 31.3 Å². The predicted molar refractivity (Wildman–Crippen MR) is 73.5 cm³/mol. The molecule has 4 heteroatoms. The van der Waals surface area contributed by atoms with Crippen LogP contribution in [0.3, 0.4) is 0 Å². The maximum atomic E-state index is 12.2. The molecule has 0 radical (unpaired) electrons. The molecule has 18 heavy (non-hydrogen) atoms. The summed E-state index contributed by atoms with van der Waals surface area (Å²) >= 11 is 5.84. The molecule has 0 aliphatic carbocycles. The van der Waals surface area contributed by atoms with Gasteiger partial charge >= 0.3 is 0 Å². The Morgan fingerprint density at radius 3 is 2.78 bits per heavy atom. The van der Waals surface area contributed by atoms with E-state index in [-0.39, 0.29) is 11.8 Å². The van der Waals surface area contributed by atoms with E-state index in [0.717, 1.165) is 36.5 Å². The molecule has 0 spiro atoms. The number of piperidine rings is 1. The Hall–Kier alpha value is -1.06. The molecule has 1 N–H and O–H groups in total. The van der Waals surface area contributed by atoms with Crippen molar-refractivity contribution in [1.82, 2.24) is 10.2 Å². The lowest BCUT2D eigenvalue weighted by atomic mass is 9.98. The summed E-state index contributed by atoms with van der Waals surface area (Å²) in [4.78, 5) is 14.0. The number of rotatable bonds is 3. The molecule has 98 valence electrons. The molecular weight excluding hydrogens is 248 g/mol. The van der Waals surface area contributed by atoms with E-state index in [2.05, 4.69) is 5.32 Å². The summed E-state index contributed by atoms with van der Waals surface area (Å²) in [6.07, 6.45) is 2.09. The van der Waals surface area contributed by atoms with Crippen molar-refractivity contribution in [2.75, 3.05) is 20.1 Å². The highest BCUT2D eigenvalue weighted by molar-refractivity contribution is 6.30. The molecule has 1 aliphatic heterocycles. The van der Waals surface area contributed by atoms with Gasteiger partial charge in [-0.2, -0.15) is 0 Å². The Labute approximate surface area is 113 Å². The number of hydrogen-bond acceptors (Lipinski definition) is 2. The number of carbonyl (C=O) groups excluding carboxylic acids is 1. The van der Waals surface area contributed by atoms with Crippen LogP contribution in [0.5, 0.6) is 0 Å². The smallest absolute Gasteiger partial charge is 0.227 e. The molecule has 1 fully saturated rings. The Morgan fingerprint density at radius 1 is 1.44 bits per heavy atom. The van der Waals surface area contributed by atoms with Crippen molar-refractivity contribution in [3.05, 3.63) is 34.9 Å². The van der Waals surface area contributed by atoms with Crippen LogP contribution in [0.4, 0.5) is 0 Å². The van der Waals surface area contributed by atoms with Crippen LogP contribution in [0.2, 0.25) is 5.02 Å². The van der Waals surface area contributed by atoms with Gasteiger partial charge in [0, 0.05) is 25.2 Å². The Morgan fingerprint density at radius 2 is 2.17 bits per heavy atom. The molecule has 1 amide bonds. The summed E-state index contributed by atoms with van der Waals surface area (Å²) in [7, 11) is 1.87. The first kappa shape index (κ1) is 13.4. The van der Waals surface area contributed by atoms with Crippen LogP contribution >= 0.6 is 11.6 Å². The van der Waals surface area contributed by atoms with Crippen molar-refractivity contribution >= 4 is 17.5 Å². The Bertz CT molecular complexity index is 399. The van der Waals surface area contributed by atoms with Crippen LogP contribution in [0, 0.1) is 5.92 Å². The van der Waals surface area contributed by atoms with Crippen LogP contribution in [0.15, 0.2) is 24.3 Å². The zero-order valence-electron chi connectivity index (χ0n) is 10.7. The van der Waals surface area contributed by atoms with Crippen molar-refractivity contribution in [3.63, 3.8) is 0 Å². The van der Waals surface area contributed by atoms with Gasteiger partial charge in [0.05, 0.1) is 5.92 Å². The average molecular weight is 267 g/mol. The van der Waals surface area contributed by atoms with E-state index in [1.54, 1.807) is 4.90 Å². The first-order valence-electron chi connectivity index (χ1n) is 6.37. The largest absolute Gasteiger partial charge is 0.341 e. The van der Waals surface area contributed by atoms with Crippen LogP contribution in [0.25, 0.3) is 0 Å². The van der Waals surface area contributed by atoms with E-state index >= 15 is 0 Å². The van der Waals surface area contributed by atoms with Gasteiger partial charge in [-0.1, -0.05) is 23.7 Å². The number of hydrogen-bond donors (Lipinski definition) is 1. The summed E-state index contributed by atoms with van der Waals surface area (Å²) in [5.74, 6) is 0.369. The highest BCUT2D eigenvalue weighted by Crippen LogP contribution is 2.15. The third kappa shape index (κ3) is 3.47. The molecule has 1 heterocycles. The monoisotopic (exact) mass is 266 g/mol. The van der Waals surface area contributed by atoms with Gasteiger partial charge in [-0.3, -0.25) is 4.79 Å². The highest BCUT2D eigenvalue weighted by atomic mass is 35.5. The van der Waals surface area contributed by atoms with Gasteiger partial charge in [0.15, 0.2) is 0 Å². The number of benzene rings is 1. The Balaban J connectivity index is 1.92. The SMILES string of the molecule is CN(Cc1ccc(Cl)cc1)C(=O)C1CCCNC1. The van der Waals surface area contributed by atoms with Crippen molar-refractivity contribution in [1.29, 1.82) is 0 Å². The van der Waals surface area contributed by atoms with Crippen molar-refractivity contribution < 1.29 is 4.79 Å². The molecule has 1 aliphatic rings. The van der Waals surface area contributed by atoms with E-state index in [4.69, 9.17) is 11.6 Å².